The van der Waals surface area contributed by atoms with Crippen molar-refractivity contribution in [2.24, 2.45) is 13.0 Å². The van der Waals surface area contributed by atoms with E-state index < -0.39 is 11.9 Å². The summed E-state index contributed by atoms with van der Waals surface area (Å²) >= 11 is 14.2. The number of halogens is 2. The van der Waals surface area contributed by atoms with Gasteiger partial charge in [-0.2, -0.15) is 5.10 Å². The first kappa shape index (κ1) is 34.7. The Balaban J connectivity index is 1.15. The number of carbonyl (C=O) groups is 2. The predicted molar refractivity (Wildman–Crippen MR) is 195 cm³/mol. The standard InChI is InChI=1S/C37H37Cl2N7O5/c1-44-31(20-45-14-13-22(18-45)37(49)50)43-46-19-23(15-30(46)36(44)48)25-5-3-6-26(33(25)38)27-7-4-8-28(34(27)39)29-11-9-21(35(42-29)51-2)16-40-17-24-10-12-32(47)41-24/h3-9,11,15,19,22,24,40H,10,12-14,16-18,20H2,1-2H3,(H,41,47)(H,49,50). The largest absolute Gasteiger partial charge is 0.481 e. The van der Waals surface area contributed by atoms with Gasteiger partial charge in [-0.3, -0.25) is 23.9 Å². The van der Waals surface area contributed by atoms with Crippen LogP contribution in [-0.4, -0.2) is 73.8 Å². The molecule has 12 nitrogen and oxygen atoms in total. The summed E-state index contributed by atoms with van der Waals surface area (Å²) in [4.78, 5) is 43.2. The van der Waals surface area contributed by atoms with Crippen LogP contribution in [0.4, 0.5) is 0 Å². The number of aliphatic carboxylic acids is 1. The van der Waals surface area contributed by atoms with E-state index in [4.69, 9.17) is 38.0 Å². The zero-order chi connectivity index (χ0) is 35.8. The molecule has 51 heavy (non-hydrogen) atoms. The summed E-state index contributed by atoms with van der Waals surface area (Å²) in [5, 5.41) is 21.4. The zero-order valence-electron chi connectivity index (χ0n) is 28.2. The van der Waals surface area contributed by atoms with E-state index in [1.165, 1.54) is 4.57 Å². The monoisotopic (exact) mass is 729 g/mol. The summed E-state index contributed by atoms with van der Waals surface area (Å²) in [6.45, 7) is 2.60. The minimum Gasteiger partial charge on any atom is -0.481 e. The highest BCUT2D eigenvalue weighted by Crippen LogP contribution is 2.42. The van der Waals surface area contributed by atoms with Gasteiger partial charge < -0.3 is 20.5 Å². The number of benzene rings is 2. The van der Waals surface area contributed by atoms with Gasteiger partial charge in [0.15, 0.2) is 0 Å². The number of fused-ring (bicyclic) bond motifs is 1. The van der Waals surface area contributed by atoms with Crippen LogP contribution in [0.25, 0.3) is 39.0 Å². The van der Waals surface area contributed by atoms with Gasteiger partial charge in [-0.05, 0) is 31.5 Å². The lowest BCUT2D eigenvalue weighted by Crippen LogP contribution is -2.35. The van der Waals surface area contributed by atoms with Gasteiger partial charge in [0.05, 0.1) is 35.3 Å². The van der Waals surface area contributed by atoms with E-state index in [0.29, 0.717) is 101 Å². The lowest BCUT2D eigenvalue weighted by molar-refractivity contribution is -0.141. The number of amides is 1. The second kappa shape index (κ2) is 14.5. The number of ether oxygens (including phenoxy) is 1. The van der Waals surface area contributed by atoms with Crippen LogP contribution in [0, 0.1) is 5.92 Å². The highest BCUT2D eigenvalue weighted by atomic mass is 35.5. The van der Waals surface area contributed by atoms with E-state index in [0.717, 1.165) is 17.5 Å². The van der Waals surface area contributed by atoms with E-state index in [1.807, 2.05) is 53.4 Å². The molecule has 5 aromatic rings. The van der Waals surface area contributed by atoms with E-state index in [1.54, 1.807) is 30.9 Å². The van der Waals surface area contributed by atoms with Crippen LogP contribution >= 0.6 is 23.2 Å². The first-order valence-electron chi connectivity index (χ1n) is 16.8. The second-order valence-corrected chi connectivity index (χ2v) is 13.8. The van der Waals surface area contributed by atoms with Crippen molar-refractivity contribution in [3.8, 4) is 39.4 Å². The Morgan fingerprint density at radius 2 is 1.76 bits per heavy atom. The third-order valence-corrected chi connectivity index (χ3v) is 10.5. The maximum atomic E-state index is 13.4. The molecule has 7 rings (SSSR count). The molecule has 14 heteroatoms. The molecule has 2 atom stereocenters. The van der Waals surface area contributed by atoms with Crippen LogP contribution in [-0.2, 0) is 29.7 Å². The normalized spacial score (nSPS) is 17.7. The highest BCUT2D eigenvalue weighted by molar-refractivity contribution is 6.39. The Morgan fingerprint density at radius 1 is 1.04 bits per heavy atom. The lowest BCUT2D eigenvalue weighted by atomic mass is 9.97. The maximum absolute atomic E-state index is 13.4. The van der Waals surface area contributed by atoms with Gasteiger partial charge in [-0.15, -0.1) is 0 Å². The van der Waals surface area contributed by atoms with Crippen LogP contribution in [0.15, 0.2) is 65.6 Å². The number of methoxy groups -OCH3 is 1. The third-order valence-electron chi connectivity index (χ3n) is 9.72. The Bertz CT molecular complexity index is 2220. The number of aromatic nitrogens is 4. The smallest absolute Gasteiger partial charge is 0.307 e. The van der Waals surface area contributed by atoms with E-state index in [-0.39, 0.29) is 17.5 Å². The quantitative estimate of drug-likeness (QED) is 0.171. The van der Waals surface area contributed by atoms with Gasteiger partial charge in [-0.25, -0.2) is 9.50 Å². The van der Waals surface area contributed by atoms with Crippen LogP contribution in [0.3, 0.4) is 0 Å². The number of hydrogen-bond donors (Lipinski definition) is 3. The van der Waals surface area contributed by atoms with Crippen molar-refractivity contribution < 1.29 is 19.4 Å². The number of hydrogen-bond acceptors (Lipinski definition) is 8. The summed E-state index contributed by atoms with van der Waals surface area (Å²) < 4.78 is 8.72. The molecular formula is C37H37Cl2N7O5. The SMILES string of the molecule is COc1nc(-c2cccc(-c3cccc(-c4cc5c(=O)n(C)c(CN6CCC(C(=O)O)C6)nn5c4)c3Cl)c2Cl)ccc1CNCC1CCC(=O)N1. The molecule has 1 amide bonds. The number of likely N-dealkylation sites (tertiary alicyclic amines) is 1. The number of nitrogens with zero attached hydrogens (tertiary/aromatic N) is 5. The van der Waals surface area contributed by atoms with Gasteiger partial charge in [0, 0.05) is 78.7 Å². The minimum absolute atomic E-state index is 0.0862. The van der Waals surface area contributed by atoms with Crippen LogP contribution < -0.4 is 20.9 Å². The topological polar surface area (TPSA) is 143 Å². The van der Waals surface area contributed by atoms with Crippen LogP contribution in [0.1, 0.15) is 30.7 Å². The molecular weight excluding hydrogens is 693 g/mol. The summed E-state index contributed by atoms with van der Waals surface area (Å²) in [7, 11) is 3.26. The van der Waals surface area contributed by atoms with Crippen molar-refractivity contribution in [2.75, 3.05) is 26.7 Å². The first-order chi connectivity index (χ1) is 24.6. The number of pyridine rings is 1. The Morgan fingerprint density at radius 3 is 2.45 bits per heavy atom. The van der Waals surface area contributed by atoms with Gasteiger partial charge in [0.1, 0.15) is 11.3 Å². The molecule has 0 aliphatic carbocycles. The number of carboxylic acid groups (broad SMARTS) is 1. The molecule has 0 spiro atoms. The van der Waals surface area contributed by atoms with Gasteiger partial charge >= 0.3 is 5.97 Å². The summed E-state index contributed by atoms with van der Waals surface area (Å²) in [6.07, 6.45) is 3.73. The average Bonchev–Trinajstić information content (AvgIpc) is 3.88. The molecule has 264 valence electrons. The molecule has 5 heterocycles. The van der Waals surface area contributed by atoms with Crippen molar-refractivity contribution in [3.63, 3.8) is 0 Å². The molecule has 2 aromatic carbocycles. The fourth-order valence-electron chi connectivity index (χ4n) is 6.88. The molecule has 2 aliphatic heterocycles. The van der Waals surface area contributed by atoms with Crippen molar-refractivity contribution in [1.82, 2.24) is 34.7 Å². The Labute approximate surface area is 304 Å². The van der Waals surface area contributed by atoms with E-state index in [2.05, 4.69) is 10.6 Å². The van der Waals surface area contributed by atoms with Gasteiger partial charge in [0.2, 0.25) is 11.8 Å². The lowest BCUT2D eigenvalue weighted by Gasteiger charge is -2.16. The average molecular weight is 731 g/mol. The number of rotatable bonds is 11. The maximum Gasteiger partial charge on any atom is 0.307 e. The molecule has 0 radical (unpaired) electrons. The summed E-state index contributed by atoms with van der Waals surface area (Å²) in [5.41, 5.74) is 5.28. The number of carbonyl (C=O) groups excluding carboxylic acids is 1. The number of carboxylic acids is 1. The van der Waals surface area contributed by atoms with Crippen LogP contribution in [0.5, 0.6) is 5.88 Å². The first-order valence-corrected chi connectivity index (χ1v) is 17.5. The highest BCUT2D eigenvalue weighted by Gasteiger charge is 2.29. The zero-order valence-corrected chi connectivity index (χ0v) is 29.7. The molecule has 2 aliphatic rings. The Hall–Kier alpha value is -4.75. The molecule has 0 bridgehead atoms. The molecule has 0 saturated carbocycles. The second-order valence-electron chi connectivity index (χ2n) is 13.0. The molecule has 2 fully saturated rings. The van der Waals surface area contributed by atoms with Crippen molar-refractivity contribution in [3.05, 3.63) is 92.6 Å². The molecule has 3 N–H and O–H groups in total. The molecule has 3 aromatic heterocycles. The van der Waals surface area contributed by atoms with Crippen molar-refractivity contribution in [2.45, 2.75) is 38.4 Å². The van der Waals surface area contributed by atoms with E-state index >= 15 is 0 Å². The molecule has 2 saturated heterocycles. The summed E-state index contributed by atoms with van der Waals surface area (Å²) in [5.74, 6) is -0.119. The number of nitrogens with one attached hydrogen (secondary N) is 2. The van der Waals surface area contributed by atoms with Gasteiger partial charge in [-0.1, -0.05) is 65.7 Å². The van der Waals surface area contributed by atoms with Crippen LogP contribution in [0.2, 0.25) is 10.0 Å². The van der Waals surface area contributed by atoms with Crippen molar-refractivity contribution >= 4 is 40.6 Å². The fourth-order valence-corrected chi connectivity index (χ4v) is 7.54. The fraction of sp³-hybridized carbons (Fsp3) is 0.324. The van der Waals surface area contributed by atoms with E-state index in [9.17, 15) is 19.5 Å². The van der Waals surface area contributed by atoms with Crippen molar-refractivity contribution in [1.29, 1.82) is 0 Å². The minimum atomic E-state index is -0.805. The molecule has 2 unspecified atom stereocenters. The van der Waals surface area contributed by atoms with Gasteiger partial charge in [0.25, 0.3) is 5.56 Å². The third kappa shape index (κ3) is 6.96. The predicted octanol–water partition coefficient (Wildman–Crippen LogP) is 5.02. The Kier molecular flexibility index (Phi) is 9.84. The summed E-state index contributed by atoms with van der Waals surface area (Å²) in [6, 6.07) is 17.1.